The first-order valence-corrected chi connectivity index (χ1v) is 10.6. The van der Waals surface area contributed by atoms with Gasteiger partial charge in [0.05, 0.1) is 5.75 Å². The summed E-state index contributed by atoms with van der Waals surface area (Å²) in [5, 5.41) is 14.8. The molecule has 0 aliphatic carbocycles. The molecule has 0 aromatic heterocycles. The summed E-state index contributed by atoms with van der Waals surface area (Å²) in [6.45, 7) is 5.34. The third-order valence-electron chi connectivity index (χ3n) is 3.98. The monoisotopic (exact) mass is 430 g/mol. The molecule has 1 aromatic rings. The zero-order chi connectivity index (χ0) is 22.0. The lowest BCUT2D eigenvalue weighted by atomic mass is 10.2. The maximum Gasteiger partial charge on any atom is 0.414 e. The molecule has 0 saturated carbocycles. The summed E-state index contributed by atoms with van der Waals surface area (Å²) >= 11 is 0. The molecular formula is C18H26N2O8S. The number of carboxylic acid groups (broad SMARTS) is 2. The molecule has 0 bridgehead atoms. The number of amides is 1. The van der Waals surface area contributed by atoms with Crippen molar-refractivity contribution >= 4 is 27.9 Å². The van der Waals surface area contributed by atoms with Crippen LogP contribution < -0.4 is 4.74 Å². The normalized spacial score (nSPS) is 14.5. The molecule has 0 unspecified atom stereocenters. The number of hydrogen-bond acceptors (Lipinski definition) is 6. The Kier molecular flexibility index (Phi) is 9.56. The molecule has 1 heterocycles. The number of benzene rings is 1. The van der Waals surface area contributed by atoms with E-state index in [2.05, 4.69) is 0 Å². The zero-order valence-corrected chi connectivity index (χ0v) is 17.2. The smallest absolute Gasteiger partial charge is 0.414 e. The minimum absolute atomic E-state index is 0.0227. The van der Waals surface area contributed by atoms with E-state index >= 15 is 0 Å². The standard InChI is InChI=1S/C16H24N2O4S.C2H2O4/c1-3-11-23(20,21)18-9-7-17(8-10-18)16(19)13-22-15-6-4-5-14(2)12-15;3-1(4)2(5)6/h4-6,12H,3,7-11,13H2,1-2H3;(H,3,4)(H,5,6). The SMILES string of the molecule is CCCS(=O)(=O)N1CCN(C(=O)COc2cccc(C)c2)CC1.O=C(O)C(=O)O. The number of carbonyl (C=O) groups is 3. The number of ether oxygens (including phenoxy) is 1. The Hall–Kier alpha value is -2.66. The Morgan fingerprint density at radius 1 is 1.07 bits per heavy atom. The fraction of sp³-hybridized carbons (Fsp3) is 0.500. The van der Waals surface area contributed by atoms with Crippen LogP contribution >= 0.6 is 0 Å². The van der Waals surface area contributed by atoms with E-state index in [9.17, 15) is 13.2 Å². The van der Waals surface area contributed by atoms with Crippen LogP contribution in [-0.4, -0.2) is 84.2 Å². The van der Waals surface area contributed by atoms with Crippen molar-refractivity contribution in [3.05, 3.63) is 29.8 Å². The lowest BCUT2D eigenvalue weighted by molar-refractivity contribution is -0.159. The molecule has 2 rings (SSSR count). The van der Waals surface area contributed by atoms with E-state index in [-0.39, 0.29) is 18.3 Å². The summed E-state index contributed by atoms with van der Waals surface area (Å²) in [5.41, 5.74) is 1.07. The van der Waals surface area contributed by atoms with Gasteiger partial charge >= 0.3 is 11.9 Å². The zero-order valence-electron chi connectivity index (χ0n) is 16.4. The van der Waals surface area contributed by atoms with E-state index in [4.69, 9.17) is 24.5 Å². The van der Waals surface area contributed by atoms with E-state index in [0.29, 0.717) is 38.3 Å². The van der Waals surface area contributed by atoms with Crippen LogP contribution in [0.15, 0.2) is 24.3 Å². The van der Waals surface area contributed by atoms with Crippen molar-refractivity contribution in [2.75, 3.05) is 38.5 Å². The number of aryl methyl sites for hydroxylation is 1. The highest BCUT2D eigenvalue weighted by atomic mass is 32.2. The first kappa shape index (κ1) is 24.4. The van der Waals surface area contributed by atoms with Crippen molar-refractivity contribution < 1.29 is 37.8 Å². The average Bonchev–Trinajstić information content (AvgIpc) is 2.66. The number of aliphatic carboxylic acids is 2. The van der Waals surface area contributed by atoms with Crippen molar-refractivity contribution in [2.45, 2.75) is 20.3 Å². The van der Waals surface area contributed by atoms with Gasteiger partial charge in [-0.05, 0) is 31.0 Å². The van der Waals surface area contributed by atoms with Crippen molar-refractivity contribution in [1.29, 1.82) is 0 Å². The van der Waals surface area contributed by atoms with Crippen LogP contribution in [0.2, 0.25) is 0 Å². The molecule has 0 radical (unpaired) electrons. The first-order chi connectivity index (χ1) is 13.6. The van der Waals surface area contributed by atoms with Gasteiger partial charge in [-0.15, -0.1) is 0 Å². The van der Waals surface area contributed by atoms with Crippen molar-refractivity contribution in [1.82, 2.24) is 9.21 Å². The molecule has 0 atom stereocenters. The molecule has 11 heteroatoms. The predicted octanol–water partition coefficient (Wildman–Crippen LogP) is 0.413. The fourth-order valence-electron chi connectivity index (χ4n) is 2.54. The van der Waals surface area contributed by atoms with Gasteiger partial charge in [-0.3, -0.25) is 4.79 Å². The van der Waals surface area contributed by atoms with Crippen LogP contribution in [0.3, 0.4) is 0 Å². The Morgan fingerprint density at radius 2 is 1.66 bits per heavy atom. The number of rotatable bonds is 6. The summed E-state index contributed by atoms with van der Waals surface area (Å²) in [6.07, 6.45) is 0.603. The molecule has 2 N–H and O–H groups in total. The largest absolute Gasteiger partial charge is 0.484 e. The van der Waals surface area contributed by atoms with Gasteiger partial charge in [0.25, 0.3) is 5.91 Å². The molecule has 1 aliphatic heterocycles. The first-order valence-electron chi connectivity index (χ1n) is 8.98. The number of piperazine rings is 1. The van der Waals surface area contributed by atoms with E-state index in [1.54, 1.807) is 4.90 Å². The van der Waals surface area contributed by atoms with E-state index < -0.39 is 22.0 Å². The summed E-state index contributed by atoms with van der Waals surface area (Å²) in [7, 11) is -3.18. The van der Waals surface area contributed by atoms with Crippen molar-refractivity contribution in [3.63, 3.8) is 0 Å². The number of hydrogen-bond donors (Lipinski definition) is 2. The second-order valence-electron chi connectivity index (χ2n) is 6.31. The lowest BCUT2D eigenvalue weighted by Gasteiger charge is -2.33. The van der Waals surface area contributed by atoms with Gasteiger partial charge in [0.15, 0.2) is 6.61 Å². The van der Waals surface area contributed by atoms with E-state index in [0.717, 1.165) is 5.56 Å². The van der Waals surface area contributed by atoms with Crippen LogP contribution in [0.5, 0.6) is 5.75 Å². The van der Waals surface area contributed by atoms with Gasteiger partial charge in [-0.1, -0.05) is 19.1 Å². The molecular weight excluding hydrogens is 404 g/mol. The Balaban J connectivity index is 0.000000612. The second kappa shape index (κ2) is 11.4. The highest BCUT2D eigenvalue weighted by molar-refractivity contribution is 7.89. The second-order valence-corrected chi connectivity index (χ2v) is 8.40. The summed E-state index contributed by atoms with van der Waals surface area (Å²) < 4.78 is 31.0. The molecule has 0 spiro atoms. The maximum atomic E-state index is 12.2. The molecule has 1 amide bonds. The van der Waals surface area contributed by atoms with Crippen molar-refractivity contribution in [3.8, 4) is 5.75 Å². The Labute approximate surface area is 169 Å². The molecule has 29 heavy (non-hydrogen) atoms. The van der Waals surface area contributed by atoms with Crippen LogP contribution in [0, 0.1) is 6.92 Å². The van der Waals surface area contributed by atoms with E-state index in [1.807, 2.05) is 38.1 Å². The molecule has 1 aromatic carbocycles. The summed E-state index contributed by atoms with van der Waals surface area (Å²) in [5.74, 6) is -2.93. The molecule has 10 nitrogen and oxygen atoms in total. The fourth-order valence-corrected chi connectivity index (χ4v) is 4.04. The minimum atomic E-state index is -3.18. The Bertz CT molecular complexity index is 805. The average molecular weight is 430 g/mol. The van der Waals surface area contributed by atoms with E-state index in [1.165, 1.54) is 4.31 Å². The Morgan fingerprint density at radius 3 is 2.14 bits per heavy atom. The summed E-state index contributed by atoms with van der Waals surface area (Å²) in [4.78, 5) is 32.0. The third-order valence-corrected chi connectivity index (χ3v) is 6.06. The molecule has 1 aliphatic rings. The third kappa shape index (κ3) is 8.48. The molecule has 162 valence electrons. The van der Waals surface area contributed by atoms with Gasteiger partial charge < -0.3 is 19.8 Å². The quantitative estimate of drug-likeness (QED) is 0.618. The number of sulfonamides is 1. The number of nitrogens with zero attached hydrogens (tertiary/aromatic N) is 2. The molecule has 1 fully saturated rings. The van der Waals surface area contributed by atoms with Gasteiger partial charge in [0.1, 0.15) is 5.75 Å². The van der Waals surface area contributed by atoms with Crippen LogP contribution in [0.1, 0.15) is 18.9 Å². The highest BCUT2D eigenvalue weighted by Gasteiger charge is 2.28. The molecule has 1 saturated heterocycles. The van der Waals surface area contributed by atoms with Gasteiger partial charge in [0, 0.05) is 26.2 Å². The van der Waals surface area contributed by atoms with Crippen molar-refractivity contribution in [2.24, 2.45) is 0 Å². The van der Waals surface area contributed by atoms with Gasteiger partial charge in [-0.2, -0.15) is 4.31 Å². The van der Waals surface area contributed by atoms with Crippen LogP contribution in [0.25, 0.3) is 0 Å². The summed E-state index contributed by atoms with van der Waals surface area (Å²) in [6, 6.07) is 7.54. The van der Waals surface area contributed by atoms with Gasteiger partial charge in [-0.25, -0.2) is 18.0 Å². The topological polar surface area (TPSA) is 142 Å². The highest BCUT2D eigenvalue weighted by Crippen LogP contribution is 2.13. The number of carboxylic acids is 2. The maximum absolute atomic E-state index is 12.2. The number of carbonyl (C=O) groups excluding carboxylic acids is 1. The minimum Gasteiger partial charge on any atom is -0.484 e. The van der Waals surface area contributed by atoms with Gasteiger partial charge in [0.2, 0.25) is 10.0 Å². The van der Waals surface area contributed by atoms with Crippen LogP contribution in [0.4, 0.5) is 0 Å². The lowest BCUT2D eigenvalue weighted by Crippen LogP contribution is -2.52. The predicted molar refractivity (Wildman–Crippen MR) is 104 cm³/mol. The van der Waals surface area contributed by atoms with Crippen LogP contribution in [-0.2, 0) is 24.4 Å².